The molecule has 1 amide bonds. The van der Waals surface area contributed by atoms with Gasteiger partial charge in [-0.2, -0.15) is 0 Å². The van der Waals surface area contributed by atoms with Crippen molar-refractivity contribution in [3.05, 3.63) is 51.4 Å². The van der Waals surface area contributed by atoms with E-state index in [1.54, 1.807) is 4.90 Å². The molecule has 1 aliphatic heterocycles. The zero-order chi connectivity index (χ0) is 20.1. The highest BCUT2D eigenvalue weighted by atomic mass is 16.5. The van der Waals surface area contributed by atoms with Crippen molar-refractivity contribution >= 4 is 11.7 Å². The van der Waals surface area contributed by atoms with E-state index in [1.165, 1.54) is 0 Å². The highest BCUT2D eigenvalue weighted by Gasteiger charge is 2.30. The molecule has 1 heterocycles. The van der Waals surface area contributed by atoms with Gasteiger partial charge in [0.1, 0.15) is 0 Å². The Morgan fingerprint density at radius 3 is 2.33 bits per heavy atom. The first-order chi connectivity index (χ1) is 12.7. The number of hydrogen-bond acceptors (Lipinski definition) is 5. The summed E-state index contributed by atoms with van der Waals surface area (Å²) in [5.41, 5.74) is 3.70. The minimum atomic E-state index is -0.541. The molecular weight excluding hydrogens is 344 g/mol. The van der Waals surface area contributed by atoms with E-state index in [-0.39, 0.29) is 31.4 Å². The van der Waals surface area contributed by atoms with E-state index in [0.29, 0.717) is 41.3 Å². The Morgan fingerprint density at radius 1 is 1.15 bits per heavy atom. The molecule has 0 saturated carbocycles. The molecule has 0 unspecified atom stereocenters. The van der Waals surface area contributed by atoms with Gasteiger partial charge >= 0.3 is 0 Å². The second-order valence-corrected chi connectivity index (χ2v) is 7.52. The number of hydroxylamine groups is 2. The van der Waals surface area contributed by atoms with Crippen LogP contribution in [0.3, 0.4) is 0 Å². The van der Waals surface area contributed by atoms with Gasteiger partial charge in [0.15, 0.2) is 0 Å². The van der Waals surface area contributed by atoms with E-state index in [2.05, 4.69) is 0 Å². The third kappa shape index (κ3) is 5.17. The van der Waals surface area contributed by atoms with Crippen LogP contribution in [0.1, 0.15) is 48.2 Å². The van der Waals surface area contributed by atoms with Crippen LogP contribution in [0.15, 0.2) is 29.5 Å². The van der Waals surface area contributed by atoms with E-state index >= 15 is 0 Å². The lowest BCUT2D eigenvalue weighted by atomic mass is 9.94. The lowest BCUT2D eigenvalue weighted by Crippen LogP contribution is -2.36. The molecule has 0 spiro atoms. The first-order valence-electron chi connectivity index (χ1n) is 9.44. The van der Waals surface area contributed by atoms with E-state index < -0.39 is 5.91 Å². The molecule has 2 rings (SSSR count). The number of allylic oxidation sites excluding steroid dienone is 1. The summed E-state index contributed by atoms with van der Waals surface area (Å²) >= 11 is 0. The van der Waals surface area contributed by atoms with Crippen molar-refractivity contribution in [1.82, 2.24) is 9.96 Å². The van der Waals surface area contributed by atoms with Gasteiger partial charge in [-0.05, 0) is 50.3 Å². The Morgan fingerprint density at radius 2 is 1.78 bits per heavy atom. The summed E-state index contributed by atoms with van der Waals surface area (Å²) in [6.45, 7) is 8.04. The summed E-state index contributed by atoms with van der Waals surface area (Å²) < 4.78 is 0. The number of unbranched alkanes of at least 4 members (excludes halogenated alkanes) is 1. The standard InChI is InChI=1S/C21H29N2O4/c1-14(2)18-12-23(27)19(25)13-22(7-5-6-8-24)20(18)21(26)17-10-15(3)9-16(4)11-17/h9-11,14,24H,5-8,12-13H2,1-4H3/q-1. The van der Waals surface area contributed by atoms with Gasteiger partial charge < -0.3 is 20.3 Å². The maximum atomic E-state index is 13.4. The predicted molar refractivity (Wildman–Crippen MR) is 105 cm³/mol. The fourth-order valence-corrected chi connectivity index (χ4v) is 3.44. The number of carbonyl (C=O) groups is 2. The Balaban J connectivity index is 2.53. The molecule has 6 heteroatoms. The van der Waals surface area contributed by atoms with Gasteiger partial charge in [0.05, 0.1) is 12.2 Å². The topological polar surface area (TPSA) is 83.9 Å². The molecule has 1 aliphatic rings. The van der Waals surface area contributed by atoms with Crippen molar-refractivity contribution in [1.29, 1.82) is 0 Å². The molecule has 1 N–H and O–H groups in total. The van der Waals surface area contributed by atoms with Crippen LogP contribution < -0.4 is 0 Å². The Labute approximate surface area is 161 Å². The fourth-order valence-electron chi connectivity index (χ4n) is 3.44. The van der Waals surface area contributed by atoms with Crippen LogP contribution >= 0.6 is 0 Å². The Bertz CT molecular complexity index is 719. The predicted octanol–water partition coefficient (Wildman–Crippen LogP) is 2.81. The summed E-state index contributed by atoms with van der Waals surface area (Å²) in [5, 5.41) is 21.7. The maximum Gasteiger partial charge on any atom is 0.231 e. The van der Waals surface area contributed by atoms with E-state index in [9.17, 15) is 14.8 Å². The number of rotatable bonds is 7. The Kier molecular flexibility index (Phi) is 7.16. The summed E-state index contributed by atoms with van der Waals surface area (Å²) in [5.74, 6) is -0.740. The number of aryl methyl sites for hydroxylation is 2. The van der Waals surface area contributed by atoms with Crippen LogP contribution in [0, 0.1) is 25.0 Å². The quantitative estimate of drug-likeness (QED) is 0.587. The van der Waals surface area contributed by atoms with Crippen LogP contribution in [-0.2, 0) is 4.79 Å². The van der Waals surface area contributed by atoms with E-state index in [0.717, 1.165) is 11.1 Å². The molecule has 148 valence electrons. The molecule has 6 nitrogen and oxygen atoms in total. The smallest absolute Gasteiger partial charge is 0.231 e. The molecule has 0 aliphatic carbocycles. The number of aliphatic hydroxyl groups excluding tert-OH is 1. The van der Waals surface area contributed by atoms with Crippen molar-refractivity contribution in [2.45, 2.75) is 40.5 Å². The summed E-state index contributed by atoms with van der Waals surface area (Å²) in [4.78, 5) is 27.4. The van der Waals surface area contributed by atoms with Crippen molar-refractivity contribution in [3.63, 3.8) is 0 Å². The van der Waals surface area contributed by atoms with Crippen LogP contribution in [-0.4, -0.2) is 53.0 Å². The van der Waals surface area contributed by atoms with Crippen LogP contribution in [0.25, 0.3) is 0 Å². The Hall–Kier alpha value is -2.18. The van der Waals surface area contributed by atoms with Gasteiger partial charge in [0.25, 0.3) is 0 Å². The molecule has 0 aromatic heterocycles. The number of aliphatic hydroxyl groups is 1. The molecule has 0 saturated heterocycles. The minimum Gasteiger partial charge on any atom is -0.756 e. The van der Waals surface area contributed by atoms with Crippen molar-refractivity contribution < 1.29 is 14.7 Å². The molecule has 27 heavy (non-hydrogen) atoms. The van der Waals surface area contributed by atoms with Gasteiger partial charge in [0, 0.05) is 25.3 Å². The average molecular weight is 373 g/mol. The molecule has 0 atom stereocenters. The lowest BCUT2D eigenvalue weighted by molar-refractivity contribution is -0.128. The summed E-state index contributed by atoms with van der Waals surface area (Å²) in [7, 11) is 0. The zero-order valence-electron chi connectivity index (χ0n) is 16.6. The SMILES string of the molecule is Cc1cc(C)cc(C(=O)C2=C(C(C)C)CN([O-])C(=O)CN2CCCCO)c1. The van der Waals surface area contributed by atoms with Gasteiger partial charge in [-0.3, -0.25) is 9.59 Å². The first kappa shape index (κ1) is 21.1. The normalized spacial score (nSPS) is 15.6. The second-order valence-electron chi connectivity index (χ2n) is 7.52. The highest BCUT2D eigenvalue weighted by molar-refractivity contribution is 6.09. The third-order valence-corrected chi connectivity index (χ3v) is 4.77. The number of Topliss-reactive ketones (excluding diaryl/α,β-unsaturated/α-hetero) is 1. The molecular formula is C21H29N2O4-. The minimum absolute atomic E-state index is 0.0439. The third-order valence-electron chi connectivity index (χ3n) is 4.77. The largest absolute Gasteiger partial charge is 0.756 e. The number of carbonyl (C=O) groups excluding carboxylic acids is 2. The van der Waals surface area contributed by atoms with Crippen LogP contribution in [0.2, 0.25) is 0 Å². The molecule has 1 aromatic rings. The van der Waals surface area contributed by atoms with E-state index in [4.69, 9.17) is 5.11 Å². The second kappa shape index (κ2) is 9.15. The molecule has 0 fully saturated rings. The molecule has 1 aromatic carbocycles. The number of hydrogen-bond donors (Lipinski definition) is 1. The summed E-state index contributed by atoms with van der Waals surface area (Å²) in [6.07, 6.45) is 1.21. The van der Waals surface area contributed by atoms with Gasteiger partial charge in [-0.25, -0.2) is 0 Å². The number of nitrogens with zero attached hydrogens (tertiary/aromatic N) is 2. The number of ketones is 1. The van der Waals surface area contributed by atoms with Crippen molar-refractivity contribution in [3.8, 4) is 0 Å². The highest BCUT2D eigenvalue weighted by Crippen LogP contribution is 2.27. The molecule has 0 radical (unpaired) electrons. The van der Waals surface area contributed by atoms with Crippen molar-refractivity contribution in [2.24, 2.45) is 5.92 Å². The van der Waals surface area contributed by atoms with Crippen molar-refractivity contribution in [2.75, 3.05) is 26.2 Å². The van der Waals surface area contributed by atoms with Gasteiger partial charge in [-0.1, -0.05) is 31.0 Å². The van der Waals surface area contributed by atoms with E-state index in [1.807, 2.05) is 45.9 Å². The summed E-state index contributed by atoms with van der Waals surface area (Å²) in [6, 6.07) is 5.69. The zero-order valence-corrected chi connectivity index (χ0v) is 16.6. The van der Waals surface area contributed by atoms with Gasteiger partial charge in [0.2, 0.25) is 11.7 Å². The van der Waals surface area contributed by atoms with Crippen LogP contribution in [0.4, 0.5) is 0 Å². The average Bonchev–Trinajstić information content (AvgIpc) is 2.71. The molecule has 0 bridgehead atoms. The monoisotopic (exact) mass is 373 g/mol. The van der Waals surface area contributed by atoms with Crippen LogP contribution in [0.5, 0.6) is 0 Å². The lowest BCUT2D eigenvalue weighted by Gasteiger charge is -2.28. The fraction of sp³-hybridized carbons (Fsp3) is 0.524. The first-order valence-corrected chi connectivity index (χ1v) is 9.44. The maximum absolute atomic E-state index is 13.4. The number of benzene rings is 1. The van der Waals surface area contributed by atoms with Gasteiger partial charge in [-0.15, -0.1) is 0 Å². The number of amides is 1.